The number of piperidine rings is 1. The van der Waals surface area contributed by atoms with Crippen LogP contribution >= 0.6 is 0 Å². The predicted molar refractivity (Wildman–Crippen MR) is 115 cm³/mol. The summed E-state index contributed by atoms with van der Waals surface area (Å²) in [4.78, 5) is 29.3. The summed E-state index contributed by atoms with van der Waals surface area (Å²) in [7, 11) is -2.30. The minimum absolute atomic E-state index is 0.0383. The summed E-state index contributed by atoms with van der Waals surface area (Å²) < 4.78 is 35.3. The minimum Gasteiger partial charge on any atom is -0.462 e. The molecule has 1 aliphatic rings. The van der Waals surface area contributed by atoms with Gasteiger partial charge in [0.1, 0.15) is 16.3 Å². The zero-order valence-electron chi connectivity index (χ0n) is 18.2. The quantitative estimate of drug-likeness (QED) is 0.679. The Morgan fingerprint density at radius 2 is 2.00 bits per heavy atom. The minimum atomic E-state index is -4.01. The number of pyridine rings is 1. The lowest BCUT2D eigenvalue weighted by Crippen LogP contribution is -2.44. The average molecular weight is 449 g/mol. The van der Waals surface area contributed by atoms with Gasteiger partial charge < -0.3 is 14.6 Å². The molecule has 1 saturated heterocycles. The van der Waals surface area contributed by atoms with E-state index in [0.29, 0.717) is 30.0 Å². The number of hydrogen-bond acceptors (Lipinski definition) is 6. The number of nitrogens with zero attached hydrogens (tertiary/aromatic N) is 3. The first kappa shape index (κ1) is 23.0. The lowest BCUT2D eigenvalue weighted by Gasteiger charge is -2.31. The molecular formula is C21H28N4O5S. The van der Waals surface area contributed by atoms with Crippen LogP contribution in [0.1, 0.15) is 41.5 Å². The van der Waals surface area contributed by atoms with E-state index in [2.05, 4.69) is 10.3 Å². The van der Waals surface area contributed by atoms with Crippen molar-refractivity contribution in [3.63, 3.8) is 0 Å². The number of carbonyl (C=O) groups excluding carboxylic acids is 2. The van der Waals surface area contributed by atoms with Crippen LogP contribution in [0.25, 0.3) is 0 Å². The van der Waals surface area contributed by atoms with Gasteiger partial charge >= 0.3 is 5.97 Å². The smallest absolute Gasteiger partial charge is 0.341 e. The molecule has 2 aromatic heterocycles. The number of sulfonamides is 1. The molecule has 9 nitrogen and oxygen atoms in total. The molecule has 3 rings (SSSR count). The molecule has 0 spiro atoms. The lowest BCUT2D eigenvalue weighted by molar-refractivity contribution is -0.120. The van der Waals surface area contributed by atoms with Crippen molar-refractivity contribution in [2.24, 2.45) is 13.0 Å². The highest BCUT2D eigenvalue weighted by molar-refractivity contribution is 7.89. The molecule has 0 aliphatic carbocycles. The van der Waals surface area contributed by atoms with Gasteiger partial charge in [0, 0.05) is 37.7 Å². The zero-order valence-corrected chi connectivity index (χ0v) is 19.0. The van der Waals surface area contributed by atoms with Gasteiger partial charge in [-0.25, -0.2) is 18.2 Å². The summed E-state index contributed by atoms with van der Waals surface area (Å²) in [5, 5.41) is 2.74. The Hall–Kier alpha value is -2.72. The van der Waals surface area contributed by atoms with Crippen molar-refractivity contribution in [1.29, 1.82) is 0 Å². The van der Waals surface area contributed by atoms with Gasteiger partial charge in [-0.05, 0) is 45.7 Å². The summed E-state index contributed by atoms with van der Waals surface area (Å²) in [6.45, 7) is 5.50. The van der Waals surface area contributed by atoms with Gasteiger partial charge in [0.05, 0.1) is 12.5 Å². The molecule has 10 heteroatoms. The molecule has 1 atom stereocenters. The Kier molecular flexibility index (Phi) is 6.80. The molecule has 1 amide bonds. The van der Waals surface area contributed by atoms with E-state index in [1.165, 1.54) is 4.31 Å². The highest BCUT2D eigenvalue weighted by Crippen LogP contribution is 2.32. The van der Waals surface area contributed by atoms with Crippen molar-refractivity contribution >= 4 is 27.7 Å². The Morgan fingerprint density at radius 3 is 2.65 bits per heavy atom. The van der Waals surface area contributed by atoms with Gasteiger partial charge in [0.25, 0.3) is 0 Å². The molecule has 0 saturated carbocycles. The number of amides is 1. The average Bonchev–Trinajstić information content (AvgIpc) is 2.99. The molecule has 0 aromatic carbocycles. The second-order valence-corrected chi connectivity index (χ2v) is 9.44. The molecule has 1 N–H and O–H groups in total. The first-order chi connectivity index (χ1) is 14.7. The van der Waals surface area contributed by atoms with Gasteiger partial charge in [-0.2, -0.15) is 4.31 Å². The van der Waals surface area contributed by atoms with Crippen LogP contribution < -0.4 is 5.32 Å². The SMILES string of the molecule is CCOC(=O)c1c(S(=O)(=O)N2CCC[C@@H](C(=O)Nc3ccccn3)C2)c(C)n(C)c1C. The standard InChI is InChI=1S/C21H28N4O5S/c1-5-30-21(27)18-14(2)24(4)15(3)19(18)31(28,29)25-12-8-9-16(13-25)20(26)23-17-10-6-7-11-22-17/h6-7,10-11,16H,5,8-9,12-13H2,1-4H3,(H,22,23,26)/t16-/m1/s1. The fraction of sp³-hybridized carbons (Fsp3) is 0.476. The highest BCUT2D eigenvalue weighted by atomic mass is 32.2. The van der Waals surface area contributed by atoms with Crippen molar-refractivity contribution in [1.82, 2.24) is 13.9 Å². The monoisotopic (exact) mass is 448 g/mol. The van der Waals surface area contributed by atoms with Crippen LogP contribution in [0.2, 0.25) is 0 Å². The highest BCUT2D eigenvalue weighted by Gasteiger charge is 2.39. The molecule has 0 bridgehead atoms. The fourth-order valence-corrected chi connectivity index (χ4v) is 5.85. The van der Waals surface area contributed by atoms with Gasteiger partial charge in [0.2, 0.25) is 15.9 Å². The Bertz CT molecular complexity index is 1080. The van der Waals surface area contributed by atoms with E-state index in [4.69, 9.17) is 4.74 Å². The molecule has 168 valence electrons. The second kappa shape index (κ2) is 9.19. The largest absolute Gasteiger partial charge is 0.462 e. The number of ether oxygens (including phenoxy) is 1. The third-order valence-corrected chi connectivity index (χ3v) is 7.70. The predicted octanol–water partition coefficient (Wildman–Crippen LogP) is 2.25. The zero-order chi connectivity index (χ0) is 22.8. The van der Waals surface area contributed by atoms with Crippen LogP contribution in [0, 0.1) is 19.8 Å². The molecule has 0 unspecified atom stereocenters. The number of rotatable bonds is 6. The van der Waals surface area contributed by atoms with E-state index in [9.17, 15) is 18.0 Å². The second-order valence-electron chi connectivity index (χ2n) is 7.56. The number of anilines is 1. The summed E-state index contributed by atoms with van der Waals surface area (Å²) in [5.41, 5.74) is 1.04. The van der Waals surface area contributed by atoms with Crippen LogP contribution in [0.5, 0.6) is 0 Å². The maximum Gasteiger partial charge on any atom is 0.341 e. The Morgan fingerprint density at radius 1 is 1.26 bits per heavy atom. The van der Waals surface area contributed by atoms with E-state index in [1.807, 2.05) is 0 Å². The maximum atomic E-state index is 13.6. The Labute approximate surface area is 182 Å². The third-order valence-electron chi connectivity index (χ3n) is 5.67. The molecule has 1 aliphatic heterocycles. The molecule has 2 aromatic rings. The van der Waals surface area contributed by atoms with Crippen molar-refractivity contribution in [3.8, 4) is 0 Å². The van der Waals surface area contributed by atoms with E-state index < -0.39 is 21.9 Å². The number of carbonyl (C=O) groups is 2. The van der Waals surface area contributed by atoms with Crippen LogP contribution in [-0.2, 0) is 26.6 Å². The molecular weight excluding hydrogens is 420 g/mol. The third kappa shape index (κ3) is 4.49. The van der Waals surface area contributed by atoms with E-state index >= 15 is 0 Å². The fourth-order valence-electron chi connectivity index (χ4n) is 3.84. The summed E-state index contributed by atoms with van der Waals surface area (Å²) in [6.07, 6.45) is 2.69. The number of aromatic nitrogens is 2. The summed E-state index contributed by atoms with van der Waals surface area (Å²) in [6, 6.07) is 5.19. The number of hydrogen-bond donors (Lipinski definition) is 1. The van der Waals surface area contributed by atoms with E-state index in [-0.39, 0.29) is 36.1 Å². The molecule has 31 heavy (non-hydrogen) atoms. The van der Waals surface area contributed by atoms with Crippen LogP contribution in [0.3, 0.4) is 0 Å². The lowest BCUT2D eigenvalue weighted by atomic mass is 9.99. The van der Waals surface area contributed by atoms with Crippen LogP contribution in [-0.4, -0.2) is 53.8 Å². The summed E-state index contributed by atoms with van der Waals surface area (Å²) in [5.74, 6) is -1.03. The molecule has 0 radical (unpaired) electrons. The first-order valence-electron chi connectivity index (χ1n) is 10.2. The molecule has 1 fully saturated rings. The maximum absolute atomic E-state index is 13.6. The van der Waals surface area contributed by atoms with Crippen LogP contribution in [0.4, 0.5) is 5.82 Å². The Balaban J connectivity index is 1.89. The van der Waals surface area contributed by atoms with Gasteiger partial charge in [-0.1, -0.05) is 6.07 Å². The van der Waals surface area contributed by atoms with Crippen molar-refractivity contribution in [2.75, 3.05) is 25.0 Å². The molecule has 3 heterocycles. The first-order valence-corrected chi connectivity index (χ1v) is 11.7. The summed E-state index contributed by atoms with van der Waals surface area (Å²) >= 11 is 0. The normalized spacial score (nSPS) is 17.4. The topological polar surface area (TPSA) is 111 Å². The van der Waals surface area contributed by atoms with Gasteiger partial charge in [0.15, 0.2) is 0 Å². The van der Waals surface area contributed by atoms with Gasteiger partial charge in [-0.3, -0.25) is 4.79 Å². The van der Waals surface area contributed by atoms with Crippen LogP contribution in [0.15, 0.2) is 29.3 Å². The van der Waals surface area contributed by atoms with Crippen molar-refractivity contribution in [3.05, 3.63) is 41.3 Å². The van der Waals surface area contributed by atoms with Crippen molar-refractivity contribution < 1.29 is 22.7 Å². The van der Waals surface area contributed by atoms with Crippen molar-refractivity contribution in [2.45, 2.75) is 38.5 Å². The number of nitrogens with one attached hydrogen (secondary N) is 1. The number of esters is 1. The van der Waals surface area contributed by atoms with Gasteiger partial charge in [-0.15, -0.1) is 0 Å². The van der Waals surface area contributed by atoms with E-state index in [1.54, 1.807) is 56.8 Å². The van der Waals surface area contributed by atoms with E-state index in [0.717, 1.165) is 0 Å².